The molecule has 0 amide bonds. The molecule has 1 N–H and O–H groups in total. The van der Waals surface area contributed by atoms with Crippen LogP contribution >= 0.6 is 15.9 Å². The zero-order valence-electron chi connectivity index (χ0n) is 12.5. The number of rotatable bonds is 9. The van der Waals surface area contributed by atoms with Gasteiger partial charge in [-0.25, -0.2) is 0 Å². The summed E-state index contributed by atoms with van der Waals surface area (Å²) in [6.45, 7) is 10.1. The number of anilines is 1. The number of nitrogens with zero attached hydrogens (tertiary/aromatic N) is 1. The van der Waals surface area contributed by atoms with Gasteiger partial charge in [-0.15, -0.1) is 0 Å². The normalized spacial score (nSPS) is 11.3. The van der Waals surface area contributed by atoms with Crippen molar-refractivity contribution < 1.29 is 0 Å². The molecule has 19 heavy (non-hydrogen) atoms. The number of halogens is 1. The van der Waals surface area contributed by atoms with Crippen molar-refractivity contribution in [2.75, 3.05) is 25.0 Å². The molecule has 0 fully saturated rings. The molecule has 0 atom stereocenters. The second-order valence-corrected chi connectivity index (χ2v) is 6.10. The van der Waals surface area contributed by atoms with Gasteiger partial charge in [-0.05, 0) is 54.9 Å². The van der Waals surface area contributed by atoms with E-state index in [4.69, 9.17) is 0 Å². The molecule has 0 aliphatic rings. The smallest absolute Gasteiger partial charge is 0.0485 e. The molecule has 3 heteroatoms. The molecule has 0 radical (unpaired) electrons. The Morgan fingerprint density at radius 3 is 2.53 bits per heavy atom. The van der Waals surface area contributed by atoms with Gasteiger partial charge in [-0.1, -0.05) is 31.9 Å². The first-order valence-corrected chi connectivity index (χ1v) is 8.17. The van der Waals surface area contributed by atoms with Gasteiger partial charge >= 0.3 is 0 Å². The largest absolute Gasteiger partial charge is 0.383 e. The maximum Gasteiger partial charge on any atom is 0.0485 e. The Morgan fingerprint density at radius 2 is 1.89 bits per heavy atom. The van der Waals surface area contributed by atoms with Crippen LogP contribution in [0.1, 0.15) is 40.0 Å². The van der Waals surface area contributed by atoms with Crippen LogP contribution in [0, 0.1) is 0 Å². The summed E-state index contributed by atoms with van der Waals surface area (Å²) >= 11 is 3.57. The van der Waals surface area contributed by atoms with Crippen LogP contribution < -0.4 is 5.32 Å². The van der Waals surface area contributed by atoms with Crippen LogP contribution in [0.15, 0.2) is 28.7 Å². The fourth-order valence-corrected chi connectivity index (χ4v) is 2.56. The molecule has 0 unspecified atom stereocenters. The van der Waals surface area contributed by atoms with Gasteiger partial charge in [0.1, 0.15) is 0 Å². The predicted octanol–water partition coefficient (Wildman–Crippen LogP) is 4.76. The van der Waals surface area contributed by atoms with Crippen LogP contribution in [0.25, 0.3) is 0 Å². The van der Waals surface area contributed by atoms with E-state index in [1.165, 1.54) is 31.5 Å². The van der Waals surface area contributed by atoms with Gasteiger partial charge in [0.25, 0.3) is 0 Å². The highest BCUT2D eigenvalue weighted by atomic mass is 79.9. The molecule has 1 aromatic rings. The Balaban J connectivity index is 2.34. The third-order valence-corrected chi connectivity index (χ3v) is 4.06. The minimum atomic E-state index is 0.623. The van der Waals surface area contributed by atoms with E-state index in [2.05, 4.69) is 65.1 Å². The first-order valence-electron chi connectivity index (χ1n) is 7.37. The first-order chi connectivity index (χ1) is 9.15. The maximum atomic E-state index is 3.57. The highest BCUT2D eigenvalue weighted by molar-refractivity contribution is 9.10. The van der Waals surface area contributed by atoms with Crippen LogP contribution in [-0.2, 0) is 0 Å². The van der Waals surface area contributed by atoms with Crippen molar-refractivity contribution in [3.05, 3.63) is 28.7 Å². The van der Waals surface area contributed by atoms with Gasteiger partial charge < -0.3 is 5.32 Å². The SMILES string of the molecule is CCCCCN(CCNc1ccccc1Br)C(C)C. The van der Waals surface area contributed by atoms with Crippen LogP contribution in [-0.4, -0.2) is 30.6 Å². The van der Waals surface area contributed by atoms with Crippen molar-refractivity contribution in [3.63, 3.8) is 0 Å². The lowest BCUT2D eigenvalue weighted by Crippen LogP contribution is -2.35. The summed E-state index contributed by atoms with van der Waals surface area (Å²) in [4.78, 5) is 2.56. The van der Waals surface area contributed by atoms with E-state index in [1.807, 2.05) is 6.07 Å². The van der Waals surface area contributed by atoms with Gasteiger partial charge in [0, 0.05) is 29.3 Å². The van der Waals surface area contributed by atoms with Crippen LogP contribution in [0.4, 0.5) is 5.69 Å². The number of unbranched alkanes of at least 4 members (excludes halogenated alkanes) is 2. The average molecular weight is 327 g/mol. The maximum absolute atomic E-state index is 3.57. The molecular weight excluding hydrogens is 300 g/mol. The van der Waals surface area contributed by atoms with Gasteiger partial charge in [-0.3, -0.25) is 4.90 Å². The second kappa shape index (κ2) is 9.38. The number of para-hydroxylation sites is 1. The van der Waals surface area contributed by atoms with E-state index in [0.717, 1.165) is 17.6 Å². The van der Waals surface area contributed by atoms with Crippen molar-refractivity contribution in [1.29, 1.82) is 0 Å². The zero-order chi connectivity index (χ0) is 14.1. The van der Waals surface area contributed by atoms with E-state index in [1.54, 1.807) is 0 Å². The van der Waals surface area contributed by atoms with Gasteiger partial charge in [-0.2, -0.15) is 0 Å². The van der Waals surface area contributed by atoms with E-state index >= 15 is 0 Å². The lowest BCUT2D eigenvalue weighted by molar-refractivity contribution is 0.225. The van der Waals surface area contributed by atoms with Crippen molar-refractivity contribution in [1.82, 2.24) is 4.90 Å². The molecule has 1 rings (SSSR count). The Labute approximate surface area is 126 Å². The van der Waals surface area contributed by atoms with Crippen LogP contribution in [0.3, 0.4) is 0 Å². The number of benzene rings is 1. The number of nitrogens with one attached hydrogen (secondary N) is 1. The lowest BCUT2D eigenvalue weighted by Gasteiger charge is -2.26. The molecule has 0 saturated carbocycles. The monoisotopic (exact) mass is 326 g/mol. The summed E-state index contributed by atoms with van der Waals surface area (Å²) in [5.74, 6) is 0. The summed E-state index contributed by atoms with van der Waals surface area (Å²) in [7, 11) is 0. The van der Waals surface area contributed by atoms with Gasteiger partial charge in [0.2, 0.25) is 0 Å². The first kappa shape index (κ1) is 16.5. The van der Waals surface area contributed by atoms with E-state index in [-0.39, 0.29) is 0 Å². The predicted molar refractivity (Wildman–Crippen MR) is 88.9 cm³/mol. The Morgan fingerprint density at radius 1 is 1.16 bits per heavy atom. The second-order valence-electron chi connectivity index (χ2n) is 5.24. The van der Waals surface area contributed by atoms with E-state index in [9.17, 15) is 0 Å². The molecule has 2 nitrogen and oxygen atoms in total. The molecule has 0 aliphatic carbocycles. The van der Waals surface area contributed by atoms with Crippen LogP contribution in [0.5, 0.6) is 0 Å². The molecule has 0 aromatic heterocycles. The fourth-order valence-electron chi connectivity index (χ4n) is 2.13. The standard InChI is InChI=1S/C16H27BrN2/c1-4-5-8-12-19(14(2)3)13-11-18-16-10-7-6-9-15(16)17/h6-7,9-10,14,18H,4-5,8,11-13H2,1-3H3. The van der Waals surface area contributed by atoms with E-state index in [0.29, 0.717) is 6.04 Å². The highest BCUT2D eigenvalue weighted by Gasteiger charge is 2.08. The minimum Gasteiger partial charge on any atom is -0.383 e. The van der Waals surface area contributed by atoms with Gasteiger partial charge in [0.15, 0.2) is 0 Å². The summed E-state index contributed by atoms with van der Waals surface area (Å²) in [5, 5.41) is 3.50. The molecule has 1 aromatic carbocycles. The van der Waals surface area contributed by atoms with Gasteiger partial charge in [0.05, 0.1) is 0 Å². The fraction of sp³-hybridized carbons (Fsp3) is 0.625. The quantitative estimate of drug-likeness (QED) is 0.658. The molecule has 108 valence electrons. The average Bonchev–Trinajstić information content (AvgIpc) is 2.39. The number of hydrogen-bond acceptors (Lipinski definition) is 2. The van der Waals surface area contributed by atoms with Crippen molar-refractivity contribution in [2.24, 2.45) is 0 Å². The molecule has 0 saturated heterocycles. The minimum absolute atomic E-state index is 0.623. The summed E-state index contributed by atoms with van der Waals surface area (Å²) < 4.78 is 1.14. The van der Waals surface area contributed by atoms with E-state index < -0.39 is 0 Å². The Bertz CT molecular complexity index is 352. The van der Waals surface area contributed by atoms with Crippen molar-refractivity contribution >= 4 is 21.6 Å². The Kier molecular flexibility index (Phi) is 8.15. The third-order valence-electron chi connectivity index (χ3n) is 3.37. The summed E-state index contributed by atoms with van der Waals surface area (Å²) in [6.07, 6.45) is 3.94. The molecule has 0 spiro atoms. The van der Waals surface area contributed by atoms with Crippen LogP contribution in [0.2, 0.25) is 0 Å². The molecule has 0 aliphatic heterocycles. The molecule has 0 heterocycles. The highest BCUT2D eigenvalue weighted by Crippen LogP contribution is 2.20. The van der Waals surface area contributed by atoms with Crippen molar-refractivity contribution in [3.8, 4) is 0 Å². The number of hydrogen-bond donors (Lipinski definition) is 1. The zero-order valence-corrected chi connectivity index (χ0v) is 14.0. The summed E-state index contributed by atoms with van der Waals surface area (Å²) in [6, 6.07) is 8.91. The lowest BCUT2D eigenvalue weighted by atomic mass is 10.2. The topological polar surface area (TPSA) is 15.3 Å². The summed E-state index contributed by atoms with van der Waals surface area (Å²) in [5.41, 5.74) is 1.18. The molecule has 0 bridgehead atoms. The third kappa shape index (κ3) is 6.44. The molecular formula is C16H27BrN2. The van der Waals surface area contributed by atoms with Crippen molar-refractivity contribution in [2.45, 2.75) is 46.1 Å². The Hall–Kier alpha value is -0.540.